The molecule has 0 saturated carbocycles. The van der Waals surface area contributed by atoms with Crippen LogP contribution < -0.4 is 10.5 Å². The normalized spacial score (nSPS) is 18.5. The number of benzene rings is 2. The summed E-state index contributed by atoms with van der Waals surface area (Å²) in [6.45, 7) is 3.52. The van der Waals surface area contributed by atoms with E-state index in [1.165, 1.54) is 10.8 Å². The van der Waals surface area contributed by atoms with Crippen molar-refractivity contribution in [3.8, 4) is 5.75 Å². The van der Waals surface area contributed by atoms with Crippen molar-refractivity contribution >= 4 is 16.7 Å². The predicted octanol–water partition coefficient (Wildman–Crippen LogP) is 2.49. The van der Waals surface area contributed by atoms with Crippen LogP contribution in [0.15, 0.2) is 42.5 Å². The minimum absolute atomic E-state index is 0.0176. The Hall–Kier alpha value is -2.11. The molecule has 1 fully saturated rings. The van der Waals surface area contributed by atoms with Crippen LogP contribution in [0.4, 0.5) is 0 Å². The third-order valence-electron chi connectivity index (χ3n) is 5.13. The van der Waals surface area contributed by atoms with Gasteiger partial charge in [0.05, 0.1) is 12.6 Å². The predicted molar refractivity (Wildman–Crippen MR) is 105 cm³/mol. The molecular weight excluding hydrogens is 326 g/mol. The third-order valence-corrected chi connectivity index (χ3v) is 5.13. The lowest BCUT2D eigenvalue weighted by atomic mass is 10.0. The number of nitrogens with two attached hydrogens (primary N) is 1. The van der Waals surface area contributed by atoms with E-state index in [4.69, 9.17) is 10.5 Å². The second-order valence-corrected chi connectivity index (χ2v) is 6.96. The Morgan fingerprint density at radius 2 is 1.92 bits per heavy atom. The van der Waals surface area contributed by atoms with Gasteiger partial charge in [0, 0.05) is 13.1 Å². The zero-order chi connectivity index (χ0) is 18.4. The largest absolute Gasteiger partial charge is 0.492 e. The van der Waals surface area contributed by atoms with Crippen molar-refractivity contribution in [1.82, 2.24) is 9.80 Å². The first-order chi connectivity index (χ1) is 12.7. The molecular formula is C21H29N3O2. The first kappa shape index (κ1) is 18.7. The van der Waals surface area contributed by atoms with Crippen LogP contribution in [0.5, 0.6) is 5.75 Å². The summed E-state index contributed by atoms with van der Waals surface area (Å²) >= 11 is 0. The molecule has 5 nitrogen and oxygen atoms in total. The number of unbranched alkanes of at least 4 members (excludes halogenated alkanes) is 1. The van der Waals surface area contributed by atoms with Gasteiger partial charge in [-0.3, -0.25) is 9.69 Å². The Bertz CT molecular complexity index is 734. The number of carbonyl (C=O) groups is 1. The standard InChI is InChI=1S/C21H29N3O2/c1-23-12-13-24(21(25)20(23)8-4-5-11-22)14-15-26-19-10-9-17-6-2-3-7-18(17)16-19/h2-3,6-7,9-10,16,20H,4-5,8,11-15,22H2,1H3/t20-/m0/s1. The van der Waals surface area contributed by atoms with Crippen LogP contribution in [-0.2, 0) is 4.79 Å². The zero-order valence-electron chi connectivity index (χ0n) is 15.6. The van der Waals surface area contributed by atoms with Gasteiger partial charge >= 0.3 is 0 Å². The highest BCUT2D eigenvalue weighted by Crippen LogP contribution is 2.21. The van der Waals surface area contributed by atoms with Gasteiger partial charge in [-0.1, -0.05) is 36.8 Å². The van der Waals surface area contributed by atoms with E-state index in [2.05, 4.69) is 29.2 Å². The van der Waals surface area contributed by atoms with Gasteiger partial charge in [0.1, 0.15) is 12.4 Å². The van der Waals surface area contributed by atoms with Crippen LogP contribution >= 0.6 is 0 Å². The van der Waals surface area contributed by atoms with E-state index in [0.717, 1.165) is 38.1 Å². The van der Waals surface area contributed by atoms with Crippen LogP contribution in [0.3, 0.4) is 0 Å². The molecule has 2 aromatic carbocycles. The number of fused-ring (bicyclic) bond motifs is 1. The number of hydrogen-bond donors (Lipinski definition) is 1. The first-order valence-electron chi connectivity index (χ1n) is 9.50. The van der Waals surface area contributed by atoms with E-state index >= 15 is 0 Å². The smallest absolute Gasteiger partial charge is 0.240 e. The molecule has 2 N–H and O–H groups in total. The van der Waals surface area contributed by atoms with Crippen molar-refractivity contribution in [3.05, 3.63) is 42.5 Å². The zero-order valence-corrected chi connectivity index (χ0v) is 15.6. The minimum atomic E-state index is -0.0176. The monoisotopic (exact) mass is 355 g/mol. The molecule has 140 valence electrons. The number of piperazine rings is 1. The molecule has 0 bridgehead atoms. The van der Waals surface area contributed by atoms with Gasteiger partial charge < -0.3 is 15.4 Å². The molecule has 0 unspecified atom stereocenters. The highest BCUT2D eigenvalue weighted by Gasteiger charge is 2.31. The van der Waals surface area contributed by atoms with Gasteiger partial charge in [0.25, 0.3) is 0 Å². The van der Waals surface area contributed by atoms with Crippen molar-refractivity contribution in [3.63, 3.8) is 0 Å². The number of rotatable bonds is 8. The Balaban J connectivity index is 1.52. The highest BCUT2D eigenvalue weighted by atomic mass is 16.5. The number of amides is 1. The maximum Gasteiger partial charge on any atom is 0.240 e. The molecule has 26 heavy (non-hydrogen) atoms. The summed E-state index contributed by atoms with van der Waals surface area (Å²) in [4.78, 5) is 16.8. The number of nitrogens with zero attached hydrogens (tertiary/aromatic N) is 2. The molecule has 1 amide bonds. The summed E-state index contributed by atoms with van der Waals surface area (Å²) in [6.07, 6.45) is 2.86. The molecule has 0 aliphatic carbocycles. The van der Waals surface area contributed by atoms with Gasteiger partial charge in [0.15, 0.2) is 0 Å². The van der Waals surface area contributed by atoms with Crippen LogP contribution in [0, 0.1) is 0 Å². The molecule has 5 heteroatoms. The third kappa shape index (κ3) is 4.54. The fraction of sp³-hybridized carbons (Fsp3) is 0.476. The molecule has 3 rings (SSSR count). The summed E-state index contributed by atoms with van der Waals surface area (Å²) in [5.74, 6) is 1.07. The van der Waals surface area contributed by atoms with Crippen LogP contribution in [0.25, 0.3) is 10.8 Å². The lowest BCUT2D eigenvalue weighted by molar-refractivity contribution is -0.141. The molecule has 1 aliphatic heterocycles. The number of likely N-dealkylation sites (N-methyl/N-ethyl adjacent to an activating group) is 1. The highest BCUT2D eigenvalue weighted by molar-refractivity contribution is 5.84. The lowest BCUT2D eigenvalue weighted by Crippen LogP contribution is -2.56. The van der Waals surface area contributed by atoms with Gasteiger partial charge in [-0.25, -0.2) is 0 Å². The van der Waals surface area contributed by atoms with Crippen LogP contribution in [-0.4, -0.2) is 61.6 Å². The molecule has 0 aromatic heterocycles. The Morgan fingerprint density at radius 3 is 2.73 bits per heavy atom. The van der Waals surface area contributed by atoms with Crippen LogP contribution in [0.1, 0.15) is 19.3 Å². The SMILES string of the molecule is CN1CCN(CCOc2ccc3ccccc3c2)C(=O)[C@@H]1CCCCN. The molecule has 1 aliphatic rings. The fourth-order valence-electron chi connectivity index (χ4n) is 3.52. The average molecular weight is 355 g/mol. The van der Waals surface area contributed by atoms with E-state index in [1.807, 2.05) is 30.1 Å². The number of carbonyl (C=O) groups excluding carboxylic acids is 1. The van der Waals surface area contributed by atoms with E-state index in [1.54, 1.807) is 0 Å². The van der Waals surface area contributed by atoms with Crippen molar-refractivity contribution in [2.24, 2.45) is 5.73 Å². The summed E-state index contributed by atoms with van der Waals surface area (Å²) in [5.41, 5.74) is 5.57. The second-order valence-electron chi connectivity index (χ2n) is 6.96. The number of hydrogen-bond acceptors (Lipinski definition) is 4. The second kappa shape index (κ2) is 9.01. The molecule has 2 aromatic rings. The first-order valence-corrected chi connectivity index (χ1v) is 9.50. The molecule has 0 radical (unpaired) electrons. The van der Waals surface area contributed by atoms with Gasteiger partial charge in [-0.15, -0.1) is 0 Å². The average Bonchev–Trinajstić information content (AvgIpc) is 2.66. The minimum Gasteiger partial charge on any atom is -0.492 e. The van der Waals surface area contributed by atoms with Crippen molar-refractivity contribution in [2.45, 2.75) is 25.3 Å². The molecule has 1 heterocycles. The van der Waals surface area contributed by atoms with Gasteiger partial charge in [0.2, 0.25) is 5.91 Å². The molecule has 0 spiro atoms. The maximum absolute atomic E-state index is 12.7. The maximum atomic E-state index is 12.7. The Kier molecular flexibility index (Phi) is 6.47. The molecule has 1 saturated heterocycles. The van der Waals surface area contributed by atoms with Crippen molar-refractivity contribution in [2.75, 3.05) is 39.8 Å². The fourth-order valence-corrected chi connectivity index (χ4v) is 3.52. The van der Waals surface area contributed by atoms with E-state index in [9.17, 15) is 4.79 Å². The van der Waals surface area contributed by atoms with Gasteiger partial charge in [-0.2, -0.15) is 0 Å². The van der Waals surface area contributed by atoms with E-state index < -0.39 is 0 Å². The summed E-state index contributed by atoms with van der Waals surface area (Å²) in [7, 11) is 2.04. The molecule has 1 atom stereocenters. The summed E-state index contributed by atoms with van der Waals surface area (Å²) in [5, 5.41) is 2.37. The Labute approximate surface area is 155 Å². The van der Waals surface area contributed by atoms with E-state index in [-0.39, 0.29) is 11.9 Å². The van der Waals surface area contributed by atoms with Gasteiger partial charge in [-0.05, 0) is 49.3 Å². The van der Waals surface area contributed by atoms with Crippen molar-refractivity contribution in [1.29, 1.82) is 0 Å². The van der Waals surface area contributed by atoms with E-state index in [0.29, 0.717) is 19.7 Å². The topological polar surface area (TPSA) is 58.8 Å². The Morgan fingerprint density at radius 1 is 1.12 bits per heavy atom. The quantitative estimate of drug-likeness (QED) is 0.739. The van der Waals surface area contributed by atoms with Crippen LogP contribution in [0.2, 0.25) is 0 Å². The lowest BCUT2D eigenvalue weighted by Gasteiger charge is -2.38. The number of ether oxygens (including phenoxy) is 1. The summed E-state index contributed by atoms with van der Waals surface area (Å²) in [6, 6.07) is 14.3. The summed E-state index contributed by atoms with van der Waals surface area (Å²) < 4.78 is 5.90. The van der Waals surface area contributed by atoms with Crippen molar-refractivity contribution < 1.29 is 9.53 Å².